The molecule has 0 aliphatic rings. The molecule has 0 N–H and O–H groups in total. The predicted molar refractivity (Wildman–Crippen MR) is 109 cm³/mol. The number of benzene rings is 3. The van der Waals surface area contributed by atoms with Crippen LogP contribution in [0.15, 0.2) is 66.7 Å². The quantitative estimate of drug-likeness (QED) is 0.362. The van der Waals surface area contributed by atoms with Gasteiger partial charge in [-0.2, -0.15) is 0 Å². The van der Waals surface area contributed by atoms with Gasteiger partial charge in [0.1, 0.15) is 5.75 Å². The highest BCUT2D eigenvalue weighted by Gasteiger charge is 2.08. The van der Waals surface area contributed by atoms with Gasteiger partial charge in [-0.05, 0) is 46.2 Å². The van der Waals surface area contributed by atoms with Gasteiger partial charge < -0.3 is 9.64 Å². The van der Waals surface area contributed by atoms with Gasteiger partial charge in [-0.25, -0.2) is 0 Å². The number of non-ortho nitro benzene ring substituents is 1. The Morgan fingerprint density at radius 2 is 1.86 bits per heavy atom. The van der Waals surface area contributed by atoms with E-state index >= 15 is 0 Å². The molecule has 6 heteroatoms. The fourth-order valence-corrected chi connectivity index (χ4v) is 2.89. The van der Waals surface area contributed by atoms with E-state index in [1.165, 1.54) is 18.2 Å². The minimum atomic E-state index is -0.458. The molecule has 3 aromatic carbocycles. The fraction of sp³-hybridized carbons (Fsp3) is 0.136. The van der Waals surface area contributed by atoms with Gasteiger partial charge >= 0.3 is 0 Å². The van der Waals surface area contributed by atoms with Crippen LogP contribution < -0.4 is 4.74 Å². The van der Waals surface area contributed by atoms with Crippen molar-refractivity contribution in [1.29, 1.82) is 0 Å². The number of nitrogens with zero attached hydrogens (tertiary/aromatic N) is 2. The summed E-state index contributed by atoms with van der Waals surface area (Å²) in [6, 6.07) is 18.1. The number of amides is 1. The first-order chi connectivity index (χ1) is 13.5. The summed E-state index contributed by atoms with van der Waals surface area (Å²) in [6.07, 6.45) is 3.00. The molecule has 3 aromatic rings. The van der Waals surface area contributed by atoms with Crippen LogP contribution in [0.5, 0.6) is 5.75 Å². The highest BCUT2D eigenvalue weighted by molar-refractivity contribution is 5.91. The monoisotopic (exact) mass is 376 g/mol. The van der Waals surface area contributed by atoms with Crippen LogP contribution in [0, 0.1) is 10.1 Å². The molecule has 0 unspecified atom stereocenters. The molecular formula is C22H20N2O4. The maximum Gasteiger partial charge on any atom is 0.270 e. The van der Waals surface area contributed by atoms with Crippen LogP contribution >= 0.6 is 0 Å². The van der Waals surface area contributed by atoms with E-state index in [2.05, 4.69) is 0 Å². The van der Waals surface area contributed by atoms with Crippen LogP contribution in [0.1, 0.15) is 11.1 Å². The van der Waals surface area contributed by atoms with Gasteiger partial charge in [-0.15, -0.1) is 0 Å². The predicted octanol–water partition coefficient (Wildman–Crippen LogP) is 4.43. The van der Waals surface area contributed by atoms with Crippen LogP contribution in [-0.2, 0) is 11.3 Å². The second kappa shape index (κ2) is 8.35. The van der Waals surface area contributed by atoms with E-state index in [1.807, 2.05) is 36.4 Å². The summed E-state index contributed by atoms with van der Waals surface area (Å²) in [5, 5.41) is 13.0. The molecule has 1 amide bonds. The van der Waals surface area contributed by atoms with E-state index in [-0.39, 0.29) is 11.6 Å². The number of hydrogen-bond acceptors (Lipinski definition) is 4. The number of fused-ring (bicyclic) bond motifs is 1. The Balaban J connectivity index is 1.69. The van der Waals surface area contributed by atoms with E-state index in [1.54, 1.807) is 37.3 Å². The molecular weight excluding hydrogens is 356 g/mol. The minimum Gasteiger partial charge on any atom is -0.497 e. The highest BCUT2D eigenvalue weighted by atomic mass is 16.6. The summed E-state index contributed by atoms with van der Waals surface area (Å²) in [6.45, 7) is 0.458. The molecule has 0 heterocycles. The van der Waals surface area contributed by atoms with Crippen molar-refractivity contribution < 1.29 is 14.5 Å². The molecule has 0 aliphatic heterocycles. The Morgan fingerprint density at radius 3 is 2.61 bits per heavy atom. The van der Waals surface area contributed by atoms with Crippen LogP contribution in [0.25, 0.3) is 16.8 Å². The highest BCUT2D eigenvalue weighted by Crippen LogP contribution is 2.22. The molecule has 0 saturated carbocycles. The largest absolute Gasteiger partial charge is 0.497 e. The molecule has 0 radical (unpaired) electrons. The smallest absolute Gasteiger partial charge is 0.270 e. The van der Waals surface area contributed by atoms with Gasteiger partial charge in [0.05, 0.1) is 12.0 Å². The zero-order chi connectivity index (χ0) is 20.1. The molecule has 0 bridgehead atoms. The summed E-state index contributed by atoms with van der Waals surface area (Å²) >= 11 is 0. The molecule has 0 atom stereocenters. The lowest BCUT2D eigenvalue weighted by Crippen LogP contribution is -2.24. The van der Waals surface area contributed by atoms with Crippen molar-refractivity contribution in [3.63, 3.8) is 0 Å². The van der Waals surface area contributed by atoms with Gasteiger partial charge in [0.15, 0.2) is 0 Å². The van der Waals surface area contributed by atoms with Crippen molar-refractivity contribution in [2.75, 3.05) is 14.2 Å². The van der Waals surface area contributed by atoms with Crippen molar-refractivity contribution in [3.05, 3.63) is 88.0 Å². The Morgan fingerprint density at radius 1 is 1.11 bits per heavy atom. The van der Waals surface area contributed by atoms with Crippen LogP contribution in [-0.4, -0.2) is 29.9 Å². The Hall–Kier alpha value is -3.67. The number of likely N-dealkylation sites (N-methyl/N-ethyl adjacent to an activating group) is 1. The normalized spacial score (nSPS) is 10.9. The van der Waals surface area contributed by atoms with Crippen molar-refractivity contribution in [2.45, 2.75) is 6.54 Å². The van der Waals surface area contributed by atoms with Crippen LogP contribution in [0.3, 0.4) is 0 Å². The molecule has 0 fully saturated rings. The standard InChI is InChI=1S/C22H20N2O4/c1-23(22(25)11-7-16-4-3-5-20(13-16)24(26)27)15-17-6-8-19-14-21(28-2)10-9-18(19)12-17/h3-14H,15H2,1-2H3/b11-7+. The third-order valence-corrected chi connectivity index (χ3v) is 4.41. The SMILES string of the molecule is COc1ccc2cc(CN(C)C(=O)/C=C/c3cccc([N+](=O)[O-])c3)ccc2c1. The maximum atomic E-state index is 12.4. The van der Waals surface area contributed by atoms with Gasteiger partial charge in [0.2, 0.25) is 5.91 Å². The van der Waals surface area contributed by atoms with E-state index in [0.29, 0.717) is 12.1 Å². The van der Waals surface area contributed by atoms with Gasteiger partial charge in [-0.3, -0.25) is 14.9 Å². The first-order valence-electron chi connectivity index (χ1n) is 8.70. The van der Waals surface area contributed by atoms with E-state index < -0.39 is 4.92 Å². The third kappa shape index (κ3) is 4.54. The van der Waals surface area contributed by atoms with Gasteiger partial charge in [-0.1, -0.05) is 30.3 Å². The maximum absolute atomic E-state index is 12.4. The lowest BCUT2D eigenvalue weighted by atomic mass is 10.1. The lowest BCUT2D eigenvalue weighted by molar-refractivity contribution is -0.384. The summed E-state index contributed by atoms with van der Waals surface area (Å²) in [7, 11) is 3.36. The minimum absolute atomic E-state index is 0.00394. The molecule has 0 aromatic heterocycles. The number of nitro benzene ring substituents is 1. The lowest BCUT2D eigenvalue weighted by Gasteiger charge is -2.15. The molecule has 28 heavy (non-hydrogen) atoms. The molecule has 0 aliphatic carbocycles. The second-order valence-electron chi connectivity index (χ2n) is 6.43. The average Bonchev–Trinajstić information content (AvgIpc) is 2.71. The number of methoxy groups -OCH3 is 1. The zero-order valence-corrected chi connectivity index (χ0v) is 15.7. The summed E-state index contributed by atoms with van der Waals surface area (Å²) in [4.78, 5) is 24.3. The topological polar surface area (TPSA) is 72.7 Å². The van der Waals surface area contributed by atoms with Crippen molar-refractivity contribution in [3.8, 4) is 5.75 Å². The van der Waals surface area contributed by atoms with Crippen LogP contribution in [0.4, 0.5) is 5.69 Å². The number of nitro groups is 1. The Bertz CT molecular complexity index is 1060. The number of carbonyl (C=O) groups excluding carboxylic acids is 1. The Kier molecular flexibility index (Phi) is 5.69. The molecule has 142 valence electrons. The second-order valence-corrected chi connectivity index (χ2v) is 6.43. The summed E-state index contributed by atoms with van der Waals surface area (Å²) in [5.41, 5.74) is 1.61. The van der Waals surface area contributed by atoms with Crippen molar-refractivity contribution in [2.24, 2.45) is 0 Å². The van der Waals surface area contributed by atoms with Crippen molar-refractivity contribution >= 4 is 28.4 Å². The summed E-state index contributed by atoms with van der Waals surface area (Å²) in [5.74, 6) is 0.625. The average molecular weight is 376 g/mol. The van der Waals surface area contributed by atoms with Crippen LogP contribution in [0.2, 0.25) is 0 Å². The van der Waals surface area contributed by atoms with E-state index in [4.69, 9.17) is 4.74 Å². The fourth-order valence-electron chi connectivity index (χ4n) is 2.89. The number of carbonyl (C=O) groups is 1. The third-order valence-electron chi connectivity index (χ3n) is 4.41. The van der Waals surface area contributed by atoms with Gasteiger partial charge in [0.25, 0.3) is 5.69 Å². The van der Waals surface area contributed by atoms with Crippen molar-refractivity contribution in [1.82, 2.24) is 4.90 Å². The number of hydrogen-bond donors (Lipinski definition) is 0. The first kappa shape index (κ1) is 19.1. The molecule has 3 rings (SSSR count). The molecule has 0 spiro atoms. The van der Waals surface area contributed by atoms with E-state index in [0.717, 1.165) is 22.1 Å². The van der Waals surface area contributed by atoms with E-state index in [9.17, 15) is 14.9 Å². The first-order valence-corrected chi connectivity index (χ1v) is 8.70. The van der Waals surface area contributed by atoms with Gasteiger partial charge in [0, 0.05) is 31.8 Å². The molecule has 6 nitrogen and oxygen atoms in total. The summed E-state index contributed by atoms with van der Waals surface area (Å²) < 4.78 is 5.23. The Labute approximate surface area is 162 Å². The molecule has 0 saturated heterocycles. The zero-order valence-electron chi connectivity index (χ0n) is 15.7. The number of rotatable bonds is 6. The number of ether oxygens (including phenoxy) is 1.